The second kappa shape index (κ2) is 12.3. The normalized spacial score (nSPS) is 17.5. The summed E-state index contributed by atoms with van der Waals surface area (Å²) in [6.45, 7) is 5.22. The lowest BCUT2D eigenvalue weighted by molar-refractivity contribution is -0.138. The standard InChI is InChI=1S/C26H40O3/c1-4-25(28)26(2,3)29-20-24(27)23-17-15-22(16-18-23)19-21-13-11-9-7-5-6-8-10-12-14-21/h15-18,21H,4-14,19-20H2,1-3H3. The Morgan fingerprint density at radius 2 is 1.41 bits per heavy atom. The van der Waals surface area contributed by atoms with Crippen LogP contribution < -0.4 is 0 Å². The Morgan fingerprint density at radius 1 is 0.897 bits per heavy atom. The number of hydrogen-bond acceptors (Lipinski definition) is 3. The molecule has 1 aliphatic carbocycles. The zero-order valence-corrected chi connectivity index (χ0v) is 18.8. The van der Waals surface area contributed by atoms with Crippen molar-refractivity contribution in [2.75, 3.05) is 6.61 Å². The van der Waals surface area contributed by atoms with Gasteiger partial charge in [0.15, 0.2) is 11.6 Å². The van der Waals surface area contributed by atoms with Crippen LogP contribution in [0.15, 0.2) is 24.3 Å². The van der Waals surface area contributed by atoms with Gasteiger partial charge < -0.3 is 4.74 Å². The molecular weight excluding hydrogens is 360 g/mol. The summed E-state index contributed by atoms with van der Waals surface area (Å²) in [5.74, 6) is 0.712. The van der Waals surface area contributed by atoms with Crippen molar-refractivity contribution < 1.29 is 14.3 Å². The summed E-state index contributed by atoms with van der Waals surface area (Å²) in [5, 5.41) is 0. The molecule has 0 amide bonds. The molecule has 0 N–H and O–H groups in total. The average molecular weight is 401 g/mol. The van der Waals surface area contributed by atoms with Crippen molar-refractivity contribution in [1.82, 2.24) is 0 Å². The van der Waals surface area contributed by atoms with Crippen LogP contribution in [0.4, 0.5) is 0 Å². The lowest BCUT2D eigenvalue weighted by Gasteiger charge is -2.22. The summed E-state index contributed by atoms with van der Waals surface area (Å²) in [6, 6.07) is 8.03. The number of carbonyl (C=O) groups is 2. The average Bonchev–Trinajstić information content (AvgIpc) is 2.78. The molecule has 0 bridgehead atoms. The number of rotatable bonds is 8. The van der Waals surface area contributed by atoms with Crippen molar-refractivity contribution >= 4 is 11.6 Å². The van der Waals surface area contributed by atoms with Crippen LogP contribution in [0, 0.1) is 5.92 Å². The second-order valence-corrected chi connectivity index (χ2v) is 9.17. The van der Waals surface area contributed by atoms with Crippen LogP contribution in [0.1, 0.15) is 107 Å². The maximum atomic E-state index is 12.5. The summed E-state index contributed by atoms with van der Waals surface area (Å²) in [7, 11) is 0. The minimum Gasteiger partial charge on any atom is -0.360 e. The molecule has 0 spiro atoms. The smallest absolute Gasteiger partial charge is 0.188 e. The van der Waals surface area contributed by atoms with Crippen molar-refractivity contribution in [3.05, 3.63) is 35.4 Å². The van der Waals surface area contributed by atoms with Gasteiger partial charge in [-0.05, 0) is 31.7 Å². The summed E-state index contributed by atoms with van der Waals surface area (Å²) >= 11 is 0. The van der Waals surface area contributed by atoms with Crippen molar-refractivity contribution in [3.8, 4) is 0 Å². The van der Waals surface area contributed by atoms with E-state index in [0.29, 0.717) is 12.0 Å². The van der Waals surface area contributed by atoms with Gasteiger partial charge in [-0.3, -0.25) is 9.59 Å². The molecule has 1 aliphatic rings. The van der Waals surface area contributed by atoms with Crippen LogP contribution in [0.3, 0.4) is 0 Å². The third-order valence-electron chi connectivity index (χ3n) is 6.33. The molecule has 0 atom stereocenters. The fourth-order valence-corrected chi connectivity index (χ4v) is 4.27. The number of hydrogen-bond donors (Lipinski definition) is 0. The van der Waals surface area contributed by atoms with Crippen LogP contribution in [-0.4, -0.2) is 23.8 Å². The third kappa shape index (κ3) is 8.42. The number of ketones is 2. The van der Waals surface area contributed by atoms with Crippen molar-refractivity contribution in [1.29, 1.82) is 0 Å². The third-order valence-corrected chi connectivity index (χ3v) is 6.33. The molecule has 0 aliphatic heterocycles. The van der Waals surface area contributed by atoms with E-state index < -0.39 is 5.60 Å². The maximum Gasteiger partial charge on any atom is 0.188 e. The molecule has 1 aromatic carbocycles. The highest BCUT2D eigenvalue weighted by molar-refractivity contribution is 5.97. The number of ether oxygens (including phenoxy) is 1. The maximum absolute atomic E-state index is 12.5. The van der Waals surface area contributed by atoms with E-state index in [1.807, 2.05) is 19.1 Å². The van der Waals surface area contributed by atoms with Crippen LogP contribution in [0.25, 0.3) is 0 Å². The fraction of sp³-hybridized carbons (Fsp3) is 0.692. The fourth-order valence-electron chi connectivity index (χ4n) is 4.27. The zero-order valence-electron chi connectivity index (χ0n) is 18.8. The van der Waals surface area contributed by atoms with E-state index in [-0.39, 0.29) is 18.2 Å². The van der Waals surface area contributed by atoms with E-state index >= 15 is 0 Å². The van der Waals surface area contributed by atoms with Gasteiger partial charge in [0.25, 0.3) is 0 Å². The van der Waals surface area contributed by atoms with Crippen LogP contribution in [-0.2, 0) is 16.0 Å². The Morgan fingerprint density at radius 3 is 1.93 bits per heavy atom. The topological polar surface area (TPSA) is 43.4 Å². The van der Waals surface area contributed by atoms with Gasteiger partial charge >= 0.3 is 0 Å². The van der Waals surface area contributed by atoms with Gasteiger partial charge in [-0.2, -0.15) is 0 Å². The Bertz CT molecular complexity index is 618. The molecule has 3 heteroatoms. The molecule has 0 saturated heterocycles. The lowest BCUT2D eigenvalue weighted by Crippen LogP contribution is -2.36. The van der Waals surface area contributed by atoms with E-state index in [9.17, 15) is 9.59 Å². The predicted octanol–water partition coefficient (Wildman–Crippen LogP) is 6.72. The highest BCUT2D eigenvalue weighted by atomic mass is 16.5. The molecular formula is C26H40O3. The van der Waals surface area contributed by atoms with Crippen LogP contribution in [0.5, 0.6) is 0 Å². The molecule has 3 nitrogen and oxygen atoms in total. The molecule has 1 saturated carbocycles. The highest BCUT2D eigenvalue weighted by Gasteiger charge is 2.27. The van der Waals surface area contributed by atoms with E-state index in [1.165, 1.54) is 69.8 Å². The minimum absolute atomic E-state index is 0.0158. The molecule has 162 valence electrons. The van der Waals surface area contributed by atoms with Gasteiger partial charge in [0.1, 0.15) is 12.2 Å². The van der Waals surface area contributed by atoms with Crippen molar-refractivity contribution in [2.24, 2.45) is 5.92 Å². The molecule has 0 unspecified atom stereocenters. The molecule has 1 aromatic rings. The van der Waals surface area contributed by atoms with Gasteiger partial charge in [-0.1, -0.05) is 95.4 Å². The van der Waals surface area contributed by atoms with E-state index in [2.05, 4.69) is 12.1 Å². The summed E-state index contributed by atoms with van der Waals surface area (Å²) in [5.41, 5.74) is 1.08. The number of carbonyl (C=O) groups excluding carboxylic acids is 2. The quantitative estimate of drug-likeness (QED) is 0.455. The molecule has 0 heterocycles. The minimum atomic E-state index is -0.904. The van der Waals surface area contributed by atoms with Gasteiger partial charge in [0, 0.05) is 12.0 Å². The van der Waals surface area contributed by atoms with E-state index in [4.69, 9.17) is 4.74 Å². The van der Waals surface area contributed by atoms with Gasteiger partial charge in [-0.25, -0.2) is 0 Å². The SMILES string of the molecule is CCC(=O)C(C)(C)OCC(=O)c1ccc(CC2CCCCCCCCCC2)cc1. The largest absolute Gasteiger partial charge is 0.360 e. The summed E-state index contributed by atoms with van der Waals surface area (Å²) in [4.78, 5) is 24.3. The number of Topliss-reactive ketones (excluding diaryl/α,β-unsaturated/α-hetero) is 2. The first-order chi connectivity index (χ1) is 13.9. The van der Waals surface area contributed by atoms with Gasteiger partial charge in [0.2, 0.25) is 0 Å². The summed E-state index contributed by atoms with van der Waals surface area (Å²) < 4.78 is 5.61. The predicted molar refractivity (Wildman–Crippen MR) is 119 cm³/mol. The van der Waals surface area contributed by atoms with E-state index in [1.54, 1.807) is 13.8 Å². The highest BCUT2D eigenvalue weighted by Crippen LogP contribution is 2.25. The Hall–Kier alpha value is -1.48. The molecule has 1 fully saturated rings. The van der Waals surface area contributed by atoms with Crippen LogP contribution >= 0.6 is 0 Å². The van der Waals surface area contributed by atoms with Gasteiger partial charge in [-0.15, -0.1) is 0 Å². The molecule has 2 rings (SSSR count). The van der Waals surface area contributed by atoms with E-state index in [0.717, 1.165) is 12.3 Å². The van der Waals surface area contributed by atoms with Crippen molar-refractivity contribution in [3.63, 3.8) is 0 Å². The number of benzene rings is 1. The molecule has 29 heavy (non-hydrogen) atoms. The Labute approximate surface area is 177 Å². The van der Waals surface area contributed by atoms with Crippen LogP contribution in [0.2, 0.25) is 0 Å². The van der Waals surface area contributed by atoms with Crippen molar-refractivity contribution in [2.45, 2.75) is 103 Å². The molecule has 0 aromatic heterocycles. The molecule has 0 radical (unpaired) electrons. The second-order valence-electron chi connectivity index (χ2n) is 9.17. The summed E-state index contributed by atoms with van der Waals surface area (Å²) in [6.07, 6.45) is 15.3. The monoisotopic (exact) mass is 400 g/mol. The Balaban J connectivity index is 1.87. The zero-order chi connectivity index (χ0) is 21.1. The first-order valence-corrected chi connectivity index (χ1v) is 11.7. The first-order valence-electron chi connectivity index (χ1n) is 11.7. The first kappa shape index (κ1) is 23.8. The Kier molecular flexibility index (Phi) is 10.1. The lowest BCUT2D eigenvalue weighted by atomic mass is 9.89. The van der Waals surface area contributed by atoms with Gasteiger partial charge in [0.05, 0.1) is 0 Å².